The number of carbonyl (C=O) groups is 3. The van der Waals surface area contributed by atoms with E-state index in [0.717, 1.165) is 5.56 Å². The predicted octanol–water partition coefficient (Wildman–Crippen LogP) is 2.89. The van der Waals surface area contributed by atoms with E-state index in [1.807, 2.05) is 6.07 Å². The largest absolute Gasteiger partial charge is 0.323 e. The molecule has 6 heteroatoms. The molecule has 0 fully saturated rings. The molecule has 1 aromatic carbocycles. The Balaban J connectivity index is 2.67. The summed E-state index contributed by atoms with van der Waals surface area (Å²) in [5.74, 6) is -0.227. The number of Topliss-reactive ketones (excluding diaryl/α,β-unsaturated/α-hetero) is 2. The van der Waals surface area contributed by atoms with Crippen LogP contribution in [0.5, 0.6) is 0 Å². The second-order valence-corrected chi connectivity index (χ2v) is 6.05. The monoisotopic (exact) mass is 338 g/mol. The quantitative estimate of drug-likeness (QED) is 0.724. The lowest BCUT2D eigenvalue weighted by Gasteiger charge is -2.14. The van der Waals surface area contributed by atoms with E-state index in [9.17, 15) is 14.4 Å². The number of nitrogens with one attached hydrogen (secondary N) is 1. The van der Waals surface area contributed by atoms with E-state index in [1.165, 1.54) is 6.92 Å². The van der Waals surface area contributed by atoms with Crippen LogP contribution in [0.15, 0.2) is 18.2 Å². The molecular weight excluding hydrogens is 316 g/mol. The molecule has 23 heavy (non-hydrogen) atoms. The topological polar surface area (TPSA) is 89.3 Å². The Bertz CT molecular complexity index is 587. The van der Waals surface area contributed by atoms with Crippen molar-refractivity contribution in [2.45, 2.75) is 52.0 Å². The van der Waals surface area contributed by atoms with Crippen molar-refractivity contribution in [3.63, 3.8) is 0 Å². The van der Waals surface area contributed by atoms with Gasteiger partial charge in [-0.05, 0) is 44.7 Å². The highest BCUT2D eigenvalue weighted by Crippen LogP contribution is 2.27. The van der Waals surface area contributed by atoms with Crippen molar-refractivity contribution in [1.29, 1.82) is 0 Å². The van der Waals surface area contributed by atoms with E-state index in [2.05, 4.69) is 5.32 Å². The Morgan fingerprint density at radius 2 is 1.83 bits per heavy atom. The number of ketones is 2. The van der Waals surface area contributed by atoms with E-state index in [-0.39, 0.29) is 23.9 Å². The fourth-order valence-electron chi connectivity index (χ4n) is 2.11. The van der Waals surface area contributed by atoms with Crippen molar-refractivity contribution < 1.29 is 14.4 Å². The van der Waals surface area contributed by atoms with Gasteiger partial charge in [0, 0.05) is 12.8 Å². The minimum Gasteiger partial charge on any atom is -0.323 e. The van der Waals surface area contributed by atoms with Crippen LogP contribution in [0.4, 0.5) is 5.69 Å². The Morgan fingerprint density at radius 1 is 1.17 bits per heavy atom. The van der Waals surface area contributed by atoms with Crippen molar-refractivity contribution in [3.05, 3.63) is 28.8 Å². The second kappa shape index (κ2) is 9.43. The highest BCUT2D eigenvalue weighted by Gasteiger charge is 2.16. The Kier molecular flexibility index (Phi) is 7.92. The highest BCUT2D eigenvalue weighted by molar-refractivity contribution is 6.34. The molecule has 0 spiro atoms. The van der Waals surface area contributed by atoms with Crippen LogP contribution >= 0.6 is 11.6 Å². The van der Waals surface area contributed by atoms with Crippen LogP contribution in [0.2, 0.25) is 5.02 Å². The molecule has 0 heterocycles. The highest BCUT2D eigenvalue weighted by atomic mass is 35.5. The number of amides is 1. The van der Waals surface area contributed by atoms with Crippen LogP contribution in [-0.4, -0.2) is 23.5 Å². The summed E-state index contributed by atoms with van der Waals surface area (Å²) in [6, 6.07) is 4.61. The predicted molar refractivity (Wildman–Crippen MR) is 91.6 cm³/mol. The molecular formula is C17H23ClN2O3. The van der Waals surface area contributed by atoms with Crippen LogP contribution in [0.1, 0.15) is 45.1 Å². The number of halogens is 1. The maximum absolute atomic E-state index is 12.0. The second-order valence-electron chi connectivity index (χ2n) is 5.67. The van der Waals surface area contributed by atoms with Crippen molar-refractivity contribution in [2.75, 3.05) is 5.32 Å². The molecule has 0 aliphatic rings. The maximum Gasteiger partial charge on any atom is 0.241 e. The zero-order valence-corrected chi connectivity index (χ0v) is 14.3. The smallest absolute Gasteiger partial charge is 0.241 e. The lowest BCUT2D eigenvalue weighted by atomic mass is 10.1. The first-order valence-corrected chi connectivity index (χ1v) is 8.01. The van der Waals surface area contributed by atoms with Gasteiger partial charge in [-0.2, -0.15) is 0 Å². The van der Waals surface area contributed by atoms with Gasteiger partial charge in [-0.3, -0.25) is 4.79 Å². The standard InChI is InChI=1S/C17H23ClN2O3/c1-11(21)5-3-6-13-7-4-8-15(16(13)18)20-17(23)14(19)10-9-12(2)22/h4,7-8,14H,3,5-6,9-10,19H2,1-2H3,(H,20,23). The van der Waals surface area contributed by atoms with Crippen molar-refractivity contribution in [2.24, 2.45) is 5.73 Å². The van der Waals surface area contributed by atoms with Crippen LogP contribution in [0.3, 0.4) is 0 Å². The van der Waals surface area contributed by atoms with Crippen LogP contribution in [-0.2, 0) is 20.8 Å². The Hall–Kier alpha value is -1.72. The average molecular weight is 339 g/mol. The van der Waals surface area contributed by atoms with Gasteiger partial charge in [-0.15, -0.1) is 0 Å². The third kappa shape index (κ3) is 6.93. The lowest BCUT2D eigenvalue weighted by Crippen LogP contribution is -2.36. The minimum atomic E-state index is -0.753. The normalized spacial score (nSPS) is 11.8. The van der Waals surface area contributed by atoms with Gasteiger partial charge in [0.2, 0.25) is 5.91 Å². The number of hydrogen-bond donors (Lipinski definition) is 2. The summed E-state index contributed by atoms with van der Waals surface area (Å²) in [5.41, 5.74) is 7.14. The average Bonchev–Trinajstić information content (AvgIpc) is 2.48. The molecule has 0 aromatic heterocycles. The third-order valence-electron chi connectivity index (χ3n) is 3.46. The van der Waals surface area contributed by atoms with Gasteiger partial charge in [0.15, 0.2) is 0 Å². The number of rotatable bonds is 9. The van der Waals surface area contributed by atoms with Crippen molar-refractivity contribution >= 4 is 34.8 Å². The lowest BCUT2D eigenvalue weighted by molar-refractivity contribution is -0.119. The van der Waals surface area contributed by atoms with Gasteiger partial charge < -0.3 is 20.6 Å². The fraction of sp³-hybridized carbons (Fsp3) is 0.471. The van der Waals surface area contributed by atoms with Gasteiger partial charge in [-0.1, -0.05) is 23.7 Å². The molecule has 3 N–H and O–H groups in total. The van der Waals surface area contributed by atoms with Gasteiger partial charge in [0.1, 0.15) is 11.6 Å². The number of nitrogens with two attached hydrogens (primary N) is 1. The molecule has 1 unspecified atom stereocenters. The maximum atomic E-state index is 12.0. The van der Waals surface area contributed by atoms with Crippen LogP contribution in [0, 0.1) is 0 Å². The minimum absolute atomic E-state index is 0.00116. The van der Waals surface area contributed by atoms with Crippen molar-refractivity contribution in [3.8, 4) is 0 Å². The van der Waals surface area contributed by atoms with Gasteiger partial charge in [0.25, 0.3) is 0 Å². The Morgan fingerprint density at radius 3 is 2.43 bits per heavy atom. The molecule has 1 rings (SSSR count). The SMILES string of the molecule is CC(=O)CCCc1cccc(NC(=O)C(N)CCC(C)=O)c1Cl. The molecule has 1 amide bonds. The van der Waals surface area contributed by atoms with E-state index < -0.39 is 6.04 Å². The van der Waals surface area contributed by atoms with E-state index in [1.54, 1.807) is 19.1 Å². The first kappa shape index (κ1) is 19.3. The molecule has 1 atom stereocenters. The summed E-state index contributed by atoms with van der Waals surface area (Å²) in [6.45, 7) is 3.02. The molecule has 0 aliphatic heterocycles. The van der Waals surface area contributed by atoms with E-state index in [0.29, 0.717) is 36.4 Å². The molecule has 0 bridgehead atoms. The summed E-state index contributed by atoms with van der Waals surface area (Å²) in [7, 11) is 0. The van der Waals surface area contributed by atoms with Gasteiger partial charge >= 0.3 is 0 Å². The Labute approximate surface area is 141 Å². The molecule has 0 radical (unpaired) electrons. The number of aryl methyl sites for hydroxylation is 1. The summed E-state index contributed by atoms with van der Waals surface area (Å²) in [6.07, 6.45) is 2.45. The zero-order valence-electron chi connectivity index (χ0n) is 13.5. The molecule has 1 aromatic rings. The fourth-order valence-corrected chi connectivity index (χ4v) is 2.38. The summed E-state index contributed by atoms with van der Waals surface area (Å²) in [5, 5.41) is 3.16. The van der Waals surface area contributed by atoms with Gasteiger partial charge in [-0.25, -0.2) is 0 Å². The molecule has 5 nitrogen and oxygen atoms in total. The van der Waals surface area contributed by atoms with Crippen LogP contribution < -0.4 is 11.1 Å². The summed E-state index contributed by atoms with van der Waals surface area (Å²) >= 11 is 6.31. The number of hydrogen-bond acceptors (Lipinski definition) is 4. The third-order valence-corrected chi connectivity index (χ3v) is 3.90. The first-order valence-electron chi connectivity index (χ1n) is 7.64. The summed E-state index contributed by atoms with van der Waals surface area (Å²) < 4.78 is 0. The van der Waals surface area contributed by atoms with E-state index in [4.69, 9.17) is 17.3 Å². The molecule has 0 saturated carbocycles. The van der Waals surface area contributed by atoms with Crippen molar-refractivity contribution in [1.82, 2.24) is 0 Å². The zero-order chi connectivity index (χ0) is 17.4. The van der Waals surface area contributed by atoms with E-state index >= 15 is 0 Å². The molecule has 0 aliphatic carbocycles. The first-order chi connectivity index (χ1) is 10.8. The number of carbonyl (C=O) groups excluding carboxylic acids is 3. The van der Waals surface area contributed by atoms with Gasteiger partial charge in [0.05, 0.1) is 16.8 Å². The number of anilines is 1. The number of benzene rings is 1. The molecule has 126 valence electrons. The summed E-state index contributed by atoms with van der Waals surface area (Å²) in [4.78, 5) is 34.0. The molecule has 0 saturated heterocycles. The van der Waals surface area contributed by atoms with Crippen LogP contribution in [0.25, 0.3) is 0 Å².